The third kappa shape index (κ3) is 4.44. The van der Waals surface area contributed by atoms with Gasteiger partial charge in [-0.15, -0.1) is 11.8 Å². The first-order chi connectivity index (χ1) is 12.9. The van der Waals surface area contributed by atoms with Crippen LogP contribution in [0.25, 0.3) is 11.3 Å². The molecule has 0 atom stereocenters. The van der Waals surface area contributed by atoms with Crippen molar-refractivity contribution in [2.24, 2.45) is 0 Å². The van der Waals surface area contributed by atoms with Gasteiger partial charge in [0.2, 0.25) is 0 Å². The smallest absolute Gasteiger partial charge is 0.265 e. The molecule has 0 aliphatic carbocycles. The minimum atomic E-state index is -4.71. The molecule has 0 aliphatic heterocycles. The maximum absolute atomic E-state index is 13.5. The van der Waals surface area contributed by atoms with Crippen LogP contribution in [-0.2, 0) is 11.9 Å². The van der Waals surface area contributed by atoms with Crippen molar-refractivity contribution in [1.29, 1.82) is 5.26 Å². The van der Waals surface area contributed by atoms with E-state index in [0.29, 0.717) is 11.3 Å². The number of nitrogens with zero attached hydrogens (tertiary/aromatic N) is 3. The summed E-state index contributed by atoms with van der Waals surface area (Å²) >= 11 is 1.03. The van der Waals surface area contributed by atoms with Gasteiger partial charge in [-0.2, -0.15) is 18.4 Å². The summed E-state index contributed by atoms with van der Waals surface area (Å²) in [7, 11) is 0. The van der Waals surface area contributed by atoms with Gasteiger partial charge in [-0.25, -0.2) is 9.37 Å². The summed E-state index contributed by atoms with van der Waals surface area (Å²) in [5, 5.41) is 9.27. The van der Waals surface area contributed by atoms with E-state index in [1.54, 1.807) is 30.6 Å². The number of alkyl halides is 3. The minimum Gasteiger partial charge on any atom is -0.265 e. The van der Waals surface area contributed by atoms with Crippen molar-refractivity contribution in [3.63, 3.8) is 0 Å². The summed E-state index contributed by atoms with van der Waals surface area (Å²) < 4.78 is 53.6. The van der Waals surface area contributed by atoms with Crippen LogP contribution in [-0.4, -0.2) is 9.97 Å². The highest BCUT2D eigenvalue weighted by molar-refractivity contribution is 7.98. The van der Waals surface area contributed by atoms with Gasteiger partial charge in [-0.05, 0) is 48.0 Å². The lowest BCUT2D eigenvalue weighted by Crippen LogP contribution is -2.10. The molecule has 0 spiro atoms. The van der Waals surface area contributed by atoms with Gasteiger partial charge in [0, 0.05) is 23.7 Å². The normalized spacial score (nSPS) is 11.2. The Bertz CT molecular complexity index is 981. The zero-order valence-electron chi connectivity index (χ0n) is 13.7. The van der Waals surface area contributed by atoms with E-state index in [4.69, 9.17) is 0 Å². The fourth-order valence-electron chi connectivity index (χ4n) is 2.36. The van der Waals surface area contributed by atoms with E-state index in [9.17, 15) is 22.8 Å². The van der Waals surface area contributed by atoms with E-state index in [-0.39, 0.29) is 10.7 Å². The minimum absolute atomic E-state index is 0.0246. The average molecular weight is 389 g/mol. The molecule has 3 rings (SSSR count). The Labute approximate surface area is 156 Å². The van der Waals surface area contributed by atoms with Crippen molar-refractivity contribution in [1.82, 2.24) is 9.97 Å². The maximum atomic E-state index is 13.5. The number of nitriles is 1. The van der Waals surface area contributed by atoms with E-state index in [1.807, 2.05) is 0 Å². The molecular weight excluding hydrogens is 378 g/mol. The molecule has 0 amide bonds. The first-order valence-corrected chi connectivity index (χ1v) is 8.67. The fourth-order valence-corrected chi connectivity index (χ4v) is 3.32. The zero-order chi connectivity index (χ0) is 19.4. The van der Waals surface area contributed by atoms with Crippen LogP contribution < -0.4 is 0 Å². The van der Waals surface area contributed by atoms with Crippen LogP contribution in [0.5, 0.6) is 0 Å². The Morgan fingerprint density at radius 1 is 1.04 bits per heavy atom. The van der Waals surface area contributed by atoms with Crippen LogP contribution in [0.2, 0.25) is 0 Å². The molecule has 0 bridgehead atoms. The molecule has 1 aromatic carbocycles. The lowest BCUT2D eigenvalue weighted by atomic mass is 10.1. The van der Waals surface area contributed by atoms with E-state index in [1.165, 1.54) is 12.1 Å². The van der Waals surface area contributed by atoms with Gasteiger partial charge in [0.15, 0.2) is 0 Å². The Morgan fingerprint density at radius 2 is 1.70 bits per heavy atom. The molecule has 2 aromatic heterocycles. The van der Waals surface area contributed by atoms with Gasteiger partial charge in [-0.3, -0.25) is 4.98 Å². The monoisotopic (exact) mass is 389 g/mol. The Morgan fingerprint density at radius 3 is 2.30 bits per heavy atom. The van der Waals surface area contributed by atoms with Crippen LogP contribution in [0.15, 0.2) is 59.9 Å². The predicted octanol–water partition coefficient (Wildman–Crippen LogP) is 5.47. The van der Waals surface area contributed by atoms with Gasteiger partial charge < -0.3 is 0 Å². The Kier molecular flexibility index (Phi) is 5.42. The van der Waals surface area contributed by atoms with Crippen molar-refractivity contribution in [3.8, 4) is 17.3 Å². The number of aromatic nitrogens is 2. The Balaban J connectivity index is 2.08. The first kappa shape index (κ1) is 18.9. The van der Waals surface area contributed by atoms with Crippen molar-refractivity contribution in [2.75, 3.05) is 0 Å². The van der Waals surface area contributed by atoms with Crippen LogP contribution in [0.4, 0.5) is 17.6 Å². The SMILES string of the molecule is N#Cc1c(C(F)(F)F)cc(-c2ccc(F)cc2)nc1SCc1ccncc1. The number of benzene rings is 1. The molecule has 0 saturated carbocycles. The van der Waals surface area contributed by atoms with Crippen LogP contribution in [0.1, 0.15) is 16.7 Å². The summed E-state index contributed by atoms with van der Waals surface area (Å²) in [5.74, 6) is -0.176. The van der Waals surface area contributed by atoms with Crippen molar-refractivity contribution >= 4 is 11.8 Å². The molecule has 0 aliphatic rings. The highest BCUT2D eigenvalue weighted by atomic mass is 32.2. The van der Waals surface area contributed by atoms with Gasteiger partial charge >= 0.3 is 6.18 Å². The maximum Gasteiger partial charge on any atom is 0.417 e. The second-order valence-corrected chi connectivity index (χ2v) is 6.46. The quantitative estimate of drug-likeness (QED) is 0.439. The lowest BCUT2D eigenvalue weighted by molar-refractivity contribution is -0.138. The number of pyridine rings is 2. The van der Waals surface area contributed by atoms with Crippen LogP contribution >= 0.6 is 11.8 Å². The summed E-state index contributed by atoms with van der Waals surface area (Å²) in [4.78, 5) is 8.12. The number of thioether (sulfide) groups is 1. The molecule has 0 fully saturated rings. The van der Waals surface area contributed by atoms with Gasteiger partial charge in [0.05, 0.1) is 16.8 Å². The molecule has 0 radical (unpaired) electrons. The topological polar surface area (TPSA) is 49.6 Å². The third-order valence-corrected chi connectivity index (χ3v) is 4.71. The third-order valence-electron chi connectivity index (χ3n) is 3.67. The molecule has 0 saturated heterocycles. The summed E-state index contributed by atoms with van der Waals surface area (Å²) in [6.45, 7) is 0. The largest absolute Gasteiger partial charge is 0.417 e. The lowest BCUT2D eigenvalue weighted by Gasteiger charge is -2.14. The molecule has 27 heavy (non-hydrogen) atoms. The molecule has 3 nitrogen and oxygen atoms in total. The van der Waals surface area contributed by atoms with E-state index < -0.39 is 23.1 Å². The number of halogens is 4. The zero-order valence-corrected chi connectivity index (χ0v) is 14.5. The van der Waals surface area contributed by atoms with Crippen molar-refractivity contribution < 1.29 is 17.6 Å². The molecule has 3 aromatic rings. The van der Waals surface area contributed by atoms with E-state index >= 15 is 0 Å². The number of rotatable bonds is 4. The van der Waals surface area contributed by atoms with Crippen LogP contribution in [0, 0.1) is 17.1 Å². The molecule has 8 heteroatoms. The highest BCUT2D eigenvalue weighted by Gasteiger charge is 2.36. The number of hydrogen-bond acceptors (Lipinski definition) is 4. The Hall–Kier alpha value is -2.92. The molecule has 0 unspecified atom stereocenters. The molecule has 136 valence electrons. The summed E-state index contributed by atoms with van der Waals surface area (Å²) in [5.41, 5.74) is -0.388. The summed E-state index contributed by atoms with van der Waals surface area (Å²) in [6.07, 6.45) is -1.57. The fraction of sp³-hybridized carbons (Fsp3) is 0.105. The van der Waals surface area contributed by atoms with Crippen LogP contribution in [0.3, 0.4) is 0 Å². The van der Waals surface area contributed by atoms with Gasteiger partial charge in [0.1, 0.15) is 16.9 Å². The average Bonchev–Trinajstić information content (AvgIpc) is 2.66. The summed E-state index contributed by atoms with van der Waals surface area (Å²) in [6, 6.07) is 10.9. The van der Waals surface area contributed by atoms with Gasteiger partial charge in [-0.1, -0.05) is 0 Å². The number of hydrogen-bond donors (Lipinski definition) is 0. The van der Waals surface area contributed by atoms with E-state index in [2.05, 4.69) is 9.97 Å². The highest BCUT2D eigenvalue weighted by Crippen LogP contribution is 2.38. The van der Waals surface area contributed by atoms with Gasteiger partial charge in [0.25, 0.3) is 0 Å². The molecule has 2 heterocycles. The molecular formula is C19H11F4N3S. The second kappa shape index (κ2) is 7.76. The standard InChI is InChI=1S/C19H11F4N3S/c20-14-3-1-13(2-4-14)17-9-16(19(21,22)23)15(10-24)18(26-17)27-11-12-5-7-25-8-6-12/h1-9H,11H2. The molecule has 0 N–H and O–H groups in total. The second-order valence-electron chi connectivity index (χ2n) is 5.50. The van der Waals surface area contributed by atoms with Crippen molar-refractivity contribution in [3.05, 3.63) is 77.4 Å². The van der Waals surface area contributed by atoms with Crippen molar-refractivity contribution in [2.45, 2.75) is 17.0 Å². The predicted molar refractivity (Wildman–Crippen MR) is 93.1 cm³/mol. The van der Waals surface area contributed by atoms with E-state index in [0.717, 1.165) is 35.5 Å². The first-order valence-electron chi connectivity index (χ1n) is 7.68.